The number of piperidine rings is 1. The van der Waals surface area contributed by atoms with E-state index in [1.807, 2.05) is 20.0 Å². The van der Waals surface area contributed by atoms with Crippen LogP contribution in [0.4, 0.5) is 8.78 Å². The summed E-state index contributed by atoms with van der Waals surface area (Å²) < 4.78 is 32.4. The van der Waals surface area contributed by atoms with Gasteiger partial charge in [0.1, 0.15) is 23.4 Å². The summed E-state index contributed by atoms with van der Waals surface area (Å²) in [4.78, 5) is 20.2. The van der Waals surface area contributed by atoms with Crippen LogP contribution >= 0.6 is 0 Å². The molecule has 1 N–H and O–H groups in total. The van der Waals surface area contributed by atoms with Gasteiger partial charge in [0.25, 0.3) is 5.91 Å². The molecule has 1 atom stereocenters. The lowest BCUT2D eigenvalue weighted by atomic mass is 10.1. The number of rotatable bonds is 4. The molecule has 1 aliphatic rings. The van der Waals surface area contributed by atoms with Crippen molar-refractivity contribution in [2.75, 3.05) is 20.1 Å². The maximum atomic E-state index is 14.8. The van der Waals surface area contributed by atoms with E-state index in [-0.39, 0.29) is 23.2 Å². The summed E-state index contributed by atoms with van der Waals surface area (Å²) in [5, 5.41) is 17.0. The lowest BCUT2D eigenvalue weighted by Gasteiger charge is -2.32. The van der Waals surface area contributed by atoms with Crippen LogP contribution in [0.5, 0.6) is 0 Å². The molecule has 4 aromatic rings. The molecule has 0 bridgehead atoms. The molecule has 1 amide bonds. The van der Waals surface area contributed by atoms with Crippen LogP contribution in [0.25, 0.3) is 28.0 Å². The number of fused-ring (bicyclic) bond motifs is 1. The predicted molar refractivity (Wildman–Crippen MR) is 135 cm³/mol. The van der Waals surface area contributed by atoms with Gasteiger partial charge in [-0.2, -0.15) is 14.8 Å². The number of hydrogen-bond acceptors (Lipinski definition) is 5. The number of benzene rings is 2. The first-order chi connectivity index (χ1) is 17.7. The molecule has 190 valence electrons. The first-order valence-electron chi connectivity index (χ1n) is 12.1. The van der Waals surface area contributed by atoms with E-state index in [1.165, 1.54) is 23.9 Å². The summed E-state index contributed by atoms with van der Waals surface area (Å²) in [6.45, 7) is 4.84. The summed E-state index contributed by atoms with van der Waals surface area (Å²) in [7, 11) is 3.41. The Morgan fingerprint density at radius 2 is 2.00 bits per heavy atom. The molecular weight excluding hydrogens is 476 g/mol. The zero-order valence-electron chi connectivity index (χ0n) is 21.1. The summed E-state index contributed by atoms with van der Waals surface area (Å²) >= 11 is 0. The smallest absolute Gasteiger partial charge is 0.274 e. The van der Waals surface area contributed by atoms with Gasteiger partial charge in [-0.1, -0.05) is 0 Å². The number of halogens is 2. The first kappa shape index (κ1) is 24.6. The van der Waals surface area contributed by atoms with Crippen molar-refractivity contribution in [3.8, 4) is 23.1 Å². The second-order valence-electron chi connectivity index (χ2n) is 9.46. The number of likely N-dealkylation sites (N-methyl/N-ethyl adjacent to an activating group) is 1. The van der Waals surface area contributed by atoms with E-state index >= 15 is 0 Å². The third-order valence-electron chi connectivity index (χ3n) is 7.09. The summed E-state index contributed by atoms with van der Waals surface area (Å²) in [6.07, 6.45) is 1.86. The number of nitrogens with one attached hydrogen (secondary N) is 1. The second kappa shape index (κ2) is 9.41. The average molecular weight is 504 g/mol. The number of nitrogens with zero attached hydrogens (tertiary/aromatic N) is 6. The highest BCUT2D eigenvalue weighted by Crippen LogP contribution is 2.32. The van der Waals surface area contributed by atoms with Crippen molar-refractivity contribution >= 4 is 16.8 Å². The van der Waals surface area contributed by atoms with Crippen LogP contribution in [0.3, 0.4) is 0 Å². The van der Waals surface area contributed by atoms with Crippen molar-refractivity contribution in [2.45, 2.75) is 32.7 Å². The number of hydrogen-bond donors (Lipinski definition) is 1. The summed E-state index contributed by atoms with van der Waals surface area (Å²) in [5.74, 6) is -1.04. The normalized spacial score (nSPS) is 15.8. The summed E-state index contributed by atoms with van der Waals surface area (Å²) in [5.41, 5.74) is 3.02. The Morgan fingerprint density at radius 1 is 1.22 bits per heavy atom. The number of nitriles is 1. The standard InChI is InChI=1S/C27H27F2N7O/c1-15-10-22-20(25(29)34(4)33-22)12-23(15)36-16(2)24(27(37)35-9-5-6-19(14-35)31-3)32-26(36)17-7-8-18(13-30)21(28)11-17/h7-8,10-12,19,31H,5-6,9,14H2,1-4H3/t19-/m1/s1. The largest absolute Gasteiger partial charge is 0.336 e. The topological polar surface area (TPSA) is 91.8 Å². The fraction of sp³-hybridized carbons (Fsp3) is 0.333. The van der Waals surface area contributed by atoms with Crippen molar-refractivity contribution in [1.29, 1.82) is 5.26 Å². The highest BCUT2D eigenvalue weighted by atomic mass is 19.1. The predicted octanol–water partition coefficient (Wildman–Crippen LogP) is 4.02. The van der Waals surface area contributed by atoms with E-state index in [4.69, 9.17) is 4.98 Å². The minimum absolute atomic E-state index is 0.0867. The molecule has 2 aromatic carbocycles. The molecule has 2 aromatic heterocycles. The van der Waals surface area contributed by atoms with Crippen molar-refractivity contribution in [3.05, 3.63) is 64.6 Å². The highest BCUT2D eigenvalue weighted by molar-refractivity contribution is 5.95. The Labute approximate surface area is 213 Å². The molecule has 0 radical (unpaired) electrons. The van der Waals surface area contributed by atoms with E-state index in [9.17, 15) is 18.8 Å². The van der Waals surface area contributed by atoms with Gasteiger partial charge in [0, 0.05) is 31.7 Å². The lowest BCUT2D eigenvalue weighted by molar-refractivity contribution is 0.0692. The van der Waals surface area contributed by atoms with E-state index in [0.717, 1.165) is 18.4 Å². The molecule has 0 unspecified atom stereocenters. The Balaban J connectivity index is 1.72. The monoisotopic (exact) mass is 503 g/mol. The first-order valence-corrected chi connectivity index (χ1v) is 12.1. The Hall–Kier alpha value is -4.10. The molecule has 10 heteroatoms. The molecule has 8 nitrogen and oxygen atoms in total. The van der Waals surface area contributed by atoms with Crippen LogP contribution in [0.1, 0.15) is 40.2 Å². The number of imidazole rings is 1. The third kappa shape index (κ3) is 4.15. The minimum atomic E-state index is -0.682. The fourth-order valence-electron chi connectivity index (χ4n) is 5.03. The maximum absolute atomic E-state index is 14.8. The quantitative estimate of drug-likeness (QED) is 0.454. The molecule has 1 saturated heterocycles. The minimum Gasteiger partial charge on any atom is -0.336 e. The number of carbonyl (C=O) groups excluding carboxylic acids is 1. The van der Waals surface area contributed by atoms with Gasteiger partial charge in [-0.05, 0) is 69.6 Å². The number of aromatic nitrogens is 4. The molecule has 0 aliphatic carbocycles. The van der Waals surface area contributed by atoms with Gasteiger partial charge < -0.3 is 10.2 Å². The second-order valence-corrected chi connectivity index (χ2v) is 9.46. The third-order valence-corrected chi connectivity index (χ3v) is 7.09. The van der Waals surface area contributed by atoms with E-state index in [2.05, 4.69) is 10.4 Å². The molecule has 0 saturated carbocycles. The Morgan fingerprint density at radius 3 is 2.70 bits per heavy atom. The molecule has 0 spiro atoms. The molecule has 5 rings (SSSR count). The van der Waals surface area contributed by atoms with Crippen molar-refractivity contribution in [2.24, 2.45) is 7.05 Å². The zero-order chi connectivity index (χ0) is 26.4. The average Bonchev–Trinajstić information content (AvgIpc) is 3.38. The highest BCUT2D eigenvalue weighted by Gasteiger charge is 2.29. The van der Waals surface area contributed by atoms with Crippen LogP contribution < -0.4 is 5.32 Å². The van der Waals surface area contributed by atoms with Gasteiger partial charge in [-0.3, -0.25) is 9.36 Å². The van der Waals surface area contributed by atoms with E-state index in [1.54, 1.807) is 34.6 Å². The molecule has 3 heterocycles. The Kier molecular flexibility index (Phi) is 6.25. The number of carbonyl (C=O) groups is 1. The van der Waals surface area contributed by atoms with Crippen LogP contribution in [0.2, 0.25) is 0 Å². The number of amides is 1. The zero-order valence-corrected chi connectivity index (χ0v) is 21.1. The van der Waals surface area contributed by atoms with Gasteiger partial charge in [0.05, 0.1) is 27.8 Å². The van der Waals surface area contributed by atoms with Crippen LogP contribution in [0.15, 0.2) is 30.3 Å². The molecule has 1 aliphatic heterocycles. The SMILES string of the molecule is CN[C@@H]1CCCN(C(=O)c2nc(-c3ccc(C#N)c(F)c3)n(-c3cc4c(F)n(C)nc4cc3C)c2C)C1. The Bertz CT molecular complexity index is 1580. The molecule has 37 heavy (non-hydrogen) atoms. The van der Waals surface area contributed by atoms with E-state index in [0.29, 0.717) is 46.8 Å². The van der Waals surface area contributed by atoms with Crippen LogP contribution in [0, 0.1) is 36.9 Å². The van der Waals surface area contributed by atoms with Gasteiger partial charge in [-0.25, -0.2) is 14.1 Å². The molecular formula is C27H27F2N7O. The maximum Gasteiger partial charge on any atom is 0.274 e. The molecule has 1 fully saturated rings. The number of likely N-dealkylation sites (tertiary alicyclic amines) is 1. The fourth-order valence-corrected chi connectivity index (χ4v) is 5.03. The van der Waals surface area contributed by atoms with Crippen molar-refractivity contribution < 1.29 is 13.6 Å². The van der Waals surface area contributed by atoms with Gasteiger partial charge in [0.15, 0.2) is 0 Å². The number of aryl methyl sites for hydroxylation is 2. The van der Waals surface area contributed by atoms with Gasteiger partial charge in [-0.15, -0.1) is 0 Å². The van der Waals surface area contributed by atoms with Crippen molar-refractivity contribution in [1.82, 2.24) is 29.5 Å². The summed E-state index contributed by atoms with van der Waals surface area (Å²) in [6, 6.07) is 9.71. The van der Waals surface area contributed by atoms with E-state index < -0.39 is 11.8 Å². The lowest BCUT2D eigenvalue weighted by Crippen LogP contribution is -2.47. The van der Waals surface area contributed by atoms with Crippen molar-refractivity contribution in [3.63, 3.8) is 0 Å². The van der Waals surface area contributed by atoms with Crippen LogP contribution in [-0.4, -0.2) is 56.3 Å². The van der Waals surface area contributed by atoms with Gasteiger partial charge in [0.2, 0.25) is 5.95 Å². The van der Waals surface area contributed by atoms with Crippen LogP contribution in [-0.2, 0) is 7.05 Å². The van der Waals surface area contributed by atoms with Gasteiger partial charge >= 0.3 is 0 Å².